The fourth-order valence-electron chi connectivity index (χ4n) is 1.24. The molecule has 0 spiro atoms. The SMILES string of the molecule is CCN(C(=O)Cl)C(C)CN(C)C. The summed E-state index contributed by atoms with van der Waals surface area (Å²) in [5.74, 6) is 0. The van der Waals surface area contributed by atoms with Crippen molar-refractivity contribution in [2.24, 2.45) is 0 Å². The Morgan fingerprint density at radius 1 is 1.50 bits per heavy atom. The van der Waals surface area contributed by atoms with Crippen molar-refractivity contribution in [2.75, 3.05) is 27.2 Å². The first-order valence-corrected chi connectivity index (χ1v) is 4.47. The fourth-order valence-corrected chi connectivity index (χ4v) is 1.52. The molecule has 0 aliphatic rings. The van der Waals surface area contributed by atoms with Crippen LogP contribution in [0.2, 0.25) is 0 Å². The molecule has 72 valence electrons. The Morgan fingerprint density at radius 3 is 2.25 bits per heavy atom. The number of likely N-dealkylation sites (N-methyl/N-ethyl adjacent to an activating group) is 2. The van der Waals surface area contributed by atoms with Crippen LogP contribution in [-0.4, -0.2) is 48.4 Å². The molecule has 0 aromatic heterocycles. The van der Waals surface area contributed by atoms with Gasteiger partial charge in [0.25, 0.3) is 0 Å². The molecular formula is C8H17ClN2O. The third-order valence-electron chi connectivity index (χ3n) is 1.73. The minimum Gasteiger partial charge on any atom is -0.326 e. The van der Waals surface area contributed by atoms with Gasteiger partial charge in [0, 0.05) is 19.1 Å². The van der Waals surface area contributed by atoms with E-state index in [4.69, 9.17) is 11.6 Å². The maximum absolute atomic E-state index is 10.9. The van der Waals surface area contributed by atoms with Crippen molar-refractivity contribution in [2.45, 2.75) is 19.9 Å². The van der Waals surface area contributed by atoms with E-state index in [2.05, 4.69) is 0 Å². The molecule has 0 aromatic rings. The van der Waals surface area contributed by atoms with E-state index in [0.717, 1.165) is 6.54 Å². The zero-order valence-electron chi connectivity index (χ0n) is 8.17. The summed E-state index contributed by atoms with van der Waals surface area (Å²) < 4.78 is 0. The van der Waals surface area contributed by atoms with E-state index in [0.29, 0.717) is 6.54 Å². The summed E-state index contributed by atoms with van der Waals surface area (Å²) in [5, 5.41) is -0.369. The Hall–Kier alpha value is -0.280. The molecule has 1 atom stereocenters. The van der Waals surface area contributed by atoms with Crippen molar-refractivity contribution in [3.05, 3.63) is 0 Å². The molecule has 0 heterocycles. The summed E-state index contributed by atoms with van der Waals surface area (Å²) in [7, 11) is 3.95. The molecule has 1 unspecified atom stereocenters. The highest BCUT2D eigenvalue weighted by atomic mass is 35.5. The monoisotopic (exact) mass is 192 g/mol. The maximum atomic E-state index is 10.9. The number of carbonyl (C=O) groups excluding carboxylic acids is 1. The lowest BCUT2D eigenvalue weighted by Gasteiger charge is -2.27. The first kappa shape index (κ1) is 11.7. The minimum atomic E-state index is -0.369. The summed E-state index contributed by atoms with van der Waals surface area (Å²) in [6, 6.07) is 0.176. The lowest BCUT2D eigenvalue weighted by atomic mass is 10.3. The molecule has 0 radical (unpaired) electrons. The third-order valence-corrected chi connectivity index (χ3v) is 1.95. The van der Waals surface area contributed by atoms with Gasteiger partial charge in [-0.1, -0.05) is 0 Å². The summed E-state index contributed by atoms with van der Waals surface area (Å²) in [6.07, 6.45) is 0. The van der Waals surface area contributed by atoms with E-state index in [9.17, 15) is 4.79 Å². The van der Waals surface area contributed by atoms with Gasteiger partial charge in [-0.3, -0.25) is 4.79 Å². The number of rotatable bonds is 4. The summed E-state index contributed by atoms with van der Waals surface area (Å²) in [6.45, 7) is 5.42. The lowest BCUT2D eigenvalue weighted by molar-refractivity contribution is 0.190. The molecule has 3 nitrogen and oxygen atoms in total. The van der Waals surface area contributed by atoms with Gasteiger partial charge in [-0.15, -0.1) is 0 Å². The number of hydrogen-bond donors (Lipinski definition) is 0. The molecule has 0 aromatic carbocycles. The summed E-state index contributed by atoms with van der Waals surface area (Å²) in [5.41, 5.74) is 0. The number of halogens is 1. The Kier molecular flexibility index (Phi) is 5.25. The number of carbonyl (C=O) groups is 1. The minimum absolute atomic E-state index is 0.176. The fraction of sp³-hybridized carbons (Fsp3) is 0.875. The van der Waals surface area contributed by atoms with Crippen LogP contribution >= 0.6 is 11.6 Å². The van der Waals surface area contributed by atoms with Crippen LogP contribution in [0.4, 0.5) is 4.79 Å². The molecular weight excluding hydrogens is 176 g/mol. The Bertz CT molecular complexity index is 150. The van der Waals surface area contributed by atoms with Crippen LogP contribution in [-0.2, 0) is 0 Å². The van der Waals surface area contributed by atoms with E-state index >= 15 is 0 Å². The predicted octanol–water partition coefficient (Wildman–Crippen LogP) is 1.62. The normalized spacial score (nSPS) is 13.2. The quantitative estimate of drug-likeness (QED) is 0.499. The van der Waals surface area contributed by atoms with Crippen LogP contribution in [0, 0.1) is 0 Å². The highest BCUT2D eigenvalue weighted by Crippen LogP contribution is 2.03. The van der Waals surface area contributed by atoms with Crippen LogP contribution in [0.5, 0.6) is 0 Å². The van der Waals surface area contributed by atoms with Gasteiger partial charge in [-0.2, -0.15) is 0 Å². The van der Waals surface area contributed by atoms with Crippen molar-refractivity contribution in [3.63, 3.8) is 0 Å². The molecule has 0 bridgehead atoms. The molecule has 0 N–H and O–H groups in total. The van der Waals surface area contributed by atoms with Crippen molar-refractivity contribution in [1.82, 2.24) is 9.80 Å². The van der Waals surface area contributed by atoms with Gasteiger partial charge in [0.05, 0.1) is 0 Å². The Morgan fingerprint density at radius 2 is 2.00 bits per heavy atom. The average molecular weight is 193 g/mol. The zero-order chi connectivity index (χ0) is 9.72. The molecule has 0 aliphatic carbocycles. The Labute approximate surface area is 79.3 Å². The molecule has 0 fully saturated rings. The zero-order valence-corrected chi connectivity index (χ0v) is 8.93. The van der Waals surface area contributed by atoms with Crippen molar-refractivity contribution in [3.8, 4) is 0 Å². The van der Waals surface area contributed by atoms with Crippen molar-refractivity contribution >= 4 is 17.0 Å². The third kappa shape index (κ3) is 3.93. The predicted molar refractivity (Wildman–Crippen MR) is 51.6 cm³/mol. The second kappa shape index (κ2) is 5.38. The summed E-state index contributed by atoms with van der Waals surface area (Å²) >= 11 is 5.39. The van der Waals surface area contributed by atoms with Crippen LogP contribution in [0.3, 0.4) is 0 Å². The van der Waals surface area contributed by atoms with E-state index in [-0.39, 0.29) is 11.4 Å². The first-order chi connectivity index (χ1) is 5.49. The average Bonchev–Trinajstić information content (AvgIpc) is 1.85. The largest absolute Gasteiger partial charge is 0.326 e. The van der Waals surface area contributed by atoms with Gasteiger partial charge in [-0.05, 0) is 39.5 Å². The van der Waals surface area contributed by atoms with Crippen LogP contribution in [0.25, 0.3) is 0 Å². The van der Waals surface area contributed by atoms with Crippen LogP contribution < -0.4 is 0 Å². The molecule has 12 heavy (non-hydrogen) atoms. The van der Waals surface area contributed by atoms with Gasteiger partial charge in [0.15, 0.2) is 0 Å². The van der Waals surface area contributed by atoms with Gasteiger partial charge in [-0.25, -0.2) is 0 Å². The van der Waals surface area contributed by atoms with Gasteiger partial charge in [0.2, 0.25) is 0 Å². The van der Waals surface area contributed by atoms with Gasteiger partial charge < -0.3 is 9.80 Å². The standard InChI is InChI=1S/C8H17ClN2O/c1-5-11(8(9)12)7(2)6-10(3)4/h7H,5-6H2,1-4H3. The molecule has 0 saturated heterocycles. The first-order valence-electron chi connectivity index (χ1n) is 4.09. The topological polar surface area (TPSA) is 23.6 Å². The van der Waals surface area contributed by atoms with E-state index in [1.165, 1.54) is 0 Å². The molecule has 4 heteroatoms. The van der Waals surface area contributed by atoms with E-state index < -0.39 is 0 Å². The maximum Gasteiger partial charge on any atom is 0.316 e. The van der Waals surface area contributed by atoms with Crippen molar-refractivity contribution < 1.29 is 4.79 Å². The molecule has 0 aliphatic heterocycles. The van der Waals surface area contributed by atoms with Gasteiger partial charge >= 0.3 is 5.37 Å². The number of amides is 1. The molecule has 0 saturated carbocycles. The molecule has 1 amide bonds. The molecule has 0 rings (SSSR count). The smallest absolute Gasteiger partial charge is 0.316 e. The van der Waals surface area contributed by atoms with Crippen LogP contribution in [0.15, 0.2) is 0 Å². The number of hydrogen-bond acceptors (Lipinski definition) is 2. The lowest BCUT2D eigenvalue weighted by Crippen LogP contribution is -2.41. The van der Waals surface area contributed by atoms with Gasteiger partial charge in [0.1, 0.15) is 0 Å². The van der Waals surface area contributed by atoms with E-state index in [1.807, 2.05) is 32.8 Å². The highest BCUT2D eigenvalue weighted by Gasteiger charge is 2.16. The van der Waals surface area contributed by atoms with Crippen molar-refractivity contribution in [1.29, 1.82) is 0 Å². The highest BCUT2D eigenvalue weighted by molar-refractivity contribution is 6.62. The Balaban J connectivity index is 4.02. The second-order valence-corrected chi connectivity index (χ2v) is 3.47. The van der Waals surface area contributed by atoms with E-state index in [1.54, 1.807) is 4.90 Å². The van der Waals surface area contributed by atoms with Crippen LogP contribution in [0.1, 0.15) is 13.8 Å². The second-order valence-electron chi connectivity index (χ2n) is 3.15. The summed E-state index contributed by atoms with van der Waals surface area (Å²) in [4.78, 5) is 14.5. The number of nitrogens with zero attached hydrogens (tertiary/aromatic N) is 2.